The van der Waals surface area contributed by atoms with Gasteiger partial charge in [-0.05, 0) is 25.3 Å². The van der Waals surface area contributed by atoms with E-state index in [1.54, 1.807) is 6.92 Å². The van der Waals surface area contributed by atoms with E-state index in [9.17, 15) is 9.90 Å². The van der Waals surface area contributed by atoms with Crippen LogP contribution in [0.5, 0.6) is 0 Å². The smallest absolute Gasteiger partial charge is 0.327 e. The Bertz CT molecular complexity index is 393. The number of aliphatic hydroxyl groups is 1. The average Bonchev–Trinajstić information content (AvgIpc) is 2.50. The summed E-state index contributed by atoms with van der Waals surface area (Å²) in [6.45, 7) is 6.12. The first-order valence-electron chi connectivity index (χ1n) is 7.22. The van der Waals surface area contributed by atoms with Crippen molar-refractivity contribution in [1.29, 1.82) is 0 Å². The van der Waals surface area contributed by atoms with Crippen molar-refractivity contribution in [1.82, 2.24) is 5.32 Å². The van der Waals surface area contributed by atoms with Crippen molar-refractivity contribution >= 4 is 5.97 Å². The molecule has 2 N–H and O–H groups in total. The molecule has 1 rings (SSSR count). The number of ether oxygens (including phenoxy) is 1. The van der Waals surface area contributed by atoms with Crippen LogP contribution in [0.15, 0.2) is 30.3 Å². The largest absolute Gasteiger partial charge is 0.465 e. The molecule has 4 heteroatoms. The number of carbonyl (C=O) groups excluding carboxylic acids is 1. The van der Waals surface area contributed by atoms with Crippen LogP contribution in [-0.2, 0) is 9.53 Å². The van der Waals surface area contributed by atoms with E-state index in [1.165, 1.54) is 0 Å². The third-order valence-electron chi connectivity index (χ3n) is 3.76. The van der Waals surface area contributed by atoms with Gasteiger partial charge in [0.25, 0.3) is 0 Å². The topological polar surface area (TPSA) is 58.6 Å². The van der Waals surface area contributed by atoms with E-state index in [0.717, 1.165) is 18.4 Å². The SMILES string of the molecule is CCOC(=O)C(NC(CC)(CC)CO)c1ccccc1. The second-order valence-electron chi connectivity index (χ2n) is 4.89. The Morgan fingerprint density at radius 2 is 1.85 bits per heavy atom. The number of esters is 1. The lowest BCUT2D eigenvalue weighted by Gasteiger charge is -2.34. The van der Waals surface area contributed by atoms with E-state index in [1.807, 2.05) is 44.2 Å². The Labute approximate surface area is 121 Å². The third kappa shape index (κ3) is 4.05. The monoisotopic (exact) mass is 279 g/mol. The van der Waals surface area contributed by atoms with Gasteiger partial charge in [0.2, 0.25) is 0 Å². The summed E-state index contributed by atoms with van der Waals surface area (Å²) in [6.07, 6.45) is 1.48. The first-order chi connectivity index (χ1) is 9.62. The summed E-state index contributed by atoms with van der Waals surface area (Å²) in [5.74, 6) is -0.307. The summed E-state index contributed by atoms with van der Waals surface area (Å²) in [4.78, 5) is 12.2. The molecule has 4 nitrogen and oxygen atoms in total. The minimum atomic E-state index is -0.553. The van der Waals surface area contributed by atoms with Crippen LogP contribution in [0.2, 0.25) is 0 Å². The highest BCUT2D eigenvalue weighted by molar-refractivity contribution is 5.77. The molecule has 1 aromatic rings. The van der Waals surface area contributed by atoms with Crippen molar-refractivity contribution in [3.05, 3.63) is 35.9 Å². The van der Waals surface area contributed by atoms with Crippen molar-refractivity contribution in [3.8, 4) is 0 Å². The van der Waals surface area contributed by atoms with Crippen molar-refractivity contribution in [2.45, 2.75) is 45.2 Å². The van der Waals surface area contributed by atoms with Crippen LogP contribution in [-0.4, -0.2) is 29.8 Å². The fourth-order valence-electron chi connectivity index (χ4n) is 2.18. The summed E-state index contributed by atoms with van der Waals surface area (Å²) in [5, 5.41) is 13.0. The molecule has 0 saturated carbocycles. The van der Waals surface area contributed by atoms with Crippen molar-refractivity contribution < 1.29 is 14.6 Å². The quantitative estimate of drug-likeness (QED) is 0.718. The van der Waals surface area contributed by atoms with E-state index >= 15 is 0 Å². The molecule has 0 spiro atoms. The fraction of sp³-hybridized carbons (Fsp3) is 0.562. The zero-order valence-corrected chi connectivity index (χ0v) is 12.6. The summed E-state index contributed by atoms with van der Waals surface area (Å²) >= 11 is 0. The van der Waals surface area contributed by atoms with Gasteiger partial charge in [-0.2, -0.15) is 0 Å². The molecule has 0 fully saturated rings. The Hall–Kier alpha value is -1.39. The highest BCUT2D eigenvalue weighted by atomic mass is 16.5. The molecule has 0 heterocycles. The van der Waals surface area contributed by atoms with Crippen LogP contribution in [0.4, 0.5) is 0 Å². The van der Waals surface area contributed by atoms with Crippen LogP contribution < -0.4 is 5.32 Å². The molecular formula is C16H25NO3. The summed E-state index contributed by atoms with van der Waals surface area (Å²) in [7, 11) is 0. The van der Waals surface area contributed by atoms with Crippen LogP contribution in [0.3, 0.4) is 0 Å². The zero-order chi connectivity index (χ0) is 15.0. The molecule has 20 heavy (non-hydrogen) atoms. The summed E-state index contributed by atoms with van der Waals surface area (Å²) in [6, 6.07) is 8.92. The maximum absolute atomic E-state index is 12.2. The summed E-state index contributed by atoms with van der Waals surface area (Å²) in [5.41, 5.74) is 0.387. The number of aliphatic hydroxyl groups excluding tert-OH is 1. The third-order valence-corrected chi connectivity index (χ3v) is 3.76. The highest BCUT2D eigenvalue weighted by Gasteiger charge is 2.32. The van der Waals surface area contributed by atoms with E-state index in [-0.39, 0.29) is 12.6 Å². The van der Waals surface area contributed by atoms with Gasteiger partial charge in [0.15, 0.2) is 0 Å². The van der Waals surface area contributed by atoms with Crippen molar-refractivity contribution in [3.63, 3.8) is 0 Å². The Morgan fingerprint density at radius 3 is 2.30 bits per heavy atom. The van der Waals surface area contributed by atoms with Crippen molar-refractivity contribution in [2.75, 3.05) is 13.2 Å². The predicted octanol–water partition coefficient (Wildman–Crippen LogP) is 2.43. The molecule has 1 aromatic carbocycles. The number of hydrogen-bond acceptors (Lipinski definition) is 4. The minimum absolute atomic E-state index is 0.0112. The molecule has 0 bridgehead atoms. The van der Waals surface area contributed by atoms with E-state index in [4.69, 9.17) is 4.74 Å². The van der Waals surface area contributed by atoms with Gasteiger partial charge in [-0.15, -0.1) is 0 Å². The van der Waals surface area contributed by atoms with Crippen LogP contribution >= 0.6 is 0 Å². The lowest BCUT2D eigenvalue weighted by atomic mass is 9.91. The van der Waals surface area contributed by atoms with Crippen LogP contribution in [0.1, 0.15) is 45.2 Å². The lowest BCUT2D eigenvalue weighted by molar-refractivity contribution is -0.146. The first kappa shape index (κ1) is 16.7. The van der Waals surface area contributed by atoms with Gasteiger partial charge in [0.1, 0.15) is 6.04 Å². The number of rotatable bonds is 8. The average molecular weight is 279 g/mol. The predicted molar refractivity (Wildman–Crippen MR) is 79.4 cm³/mol. The number of benzene rings is 1. The van der Waals surface area contributed by atoms with E-state index in [2.05, 4.69) is 5.32 Å². The summed E-state index contributed by atoms with van der Waals surface area (Å²) < 4.78 is 5.15. The number of hydrogen-bond donors (Lipinski definition) is 2. The first-order valence-corrected chi connectivity index (χ1v) is 7.22. The number of nitrogens with one attached hydrogen (secondary N) is 1. The number of carbonyl (C=O) groups is 1. The van der Waals surface area contributed by atoms with Crippen LogP contribution in [0.25, 0.3) is 0 Å². The van der Waals surface area contributed by atoms with Gasteiger partial charge in [-0.3, -0.25) is 5.32 Å². The van der Waals surface area contributed by atoms with E-state index < -0.39 is 11.6 Å². The molecule has 0 aliphatic rings. The van der Waals surface area contributed by atoms with Gasteiger partial charge < -0.3 is 9.84 Å². The Balaban J connectivity index is 3.02. The van der Waals surface area contributed by atoms with Crippen molar-refractivity contribution in [2.24, 2.45) is 0 Å². The molecule has 0 saturated heterocycles. The zero-order valence-electron chi connectivity index (χ0n) is 12.6. The maximum Gasteiger partial charge on any atom is 0.327 e. The second kappa shape index (κ2) is 8.02. The molecule has 112 valence electrons. The normalized spacial score (nSPS) is 13.0. The molecule has 0 aliphatic heterocycles. The highest BCUT2D eigenvalue weighted by Crippen LogP contribution is 2.23. The maximum atomic E-state index is 12.2. The van der Waals surface area contributed by atoms with Gasteiger partial charge >= 0.3 is 5.97 Å². The Morgan fingerprint density at radius 1 is 1.25 bits per heavy atom. The standard InChI is InChI=1S/C16H25NO3/c1-4-16(5-2,12-18)17-14(15(19)20-6-3)13-10-8-7-9-11-13/h7-11,14,17-18H,4-6,12H2,1-3H3. The molecule has 1 atom stereocenters. The molecule has 1 unspecified atom stereocenters. The fourth-order valence-corrected chi connectivity index (χ4v) is 2.18. The minimum Gasteiger partial charge on any atom is -0.465 e. The Kier molecular flexibility index (Phi) is 6.68. The van der Waals surface area contributed by atoms with E-state index in [0.29, 0.717) is 6.61 Å². The lowest BCUT2D eigenvalue weighted by Crippen LogP contribution is -2.51. The molecule has 0 aliphatic carbocycles. The van der Waals surface area contributed by atoms with Gasteiger partial charge in [-0.25, -0.2) is 4.79 Å². The van der Waals surface area contributed by atoms with Gasteiger partial charge in [0, 0.05) is 5.54 Å². The molecule has 0 aromatic heterocycles. The van der Waals surface area contributed by atoms with Crippen LogP contribution in [0, 0.1) is 0 Å². The van der Waals surface area contributed by atoms with Gasteiger partial charge in [0.05, 0.1) is 13.2 Å². The van der Waals surface area contributed by atoms with Gasteiger partial charge in [-0.1, -0.05) is 44.2 Å². The molecule has 0 radical (unpaired) electrons. The second-order valence-corrected chi connectivity index (χ2v) is 4.89. The molecule has 0 amide bonds. The molecular weight excluding hydrogens is 254 g/mol.